The molecule has 0 saturated carbocycles. The van der Waals surface area contributed by atoms with Crippen LogP contribution in [-0.4, -0.2) is 62.8 Å². The summed E-state index contributed by atoms with van der Waals surface area (Å²) < 4.78 is 21.5. The summed E-state index contributed by atoms with van der Waals surface area (Å²) in [5.41, 5.74) is 5.23. The van der Waals surface area contributed by atoms with Crippen LogP contribution >= 0.6 is 11.3 Å². The number of benzene rings is 1. The molecular weight excluding hydrogens is 502 g/mol. The van der Waals surface area contributed by atoms with Crippen LogP contribution in [0.4, 0.5) is 0 Å². The fourth-order valence-electron chi connectivity index (χ4n) is 5.13. The van der Waals surface area contributed by atoms with Gasteiger partial charge in [-0.3, -0.25) is 9.48 Å². The highest BCUT2D eigenvalue weighted by Crippen LogP contribution is 2.46. The summed E-state index contributed by atoms with van der Waals surface area (Å²) in [6, 6.07) is 6.22. The van der Waals surface area contributed by atoms with E-state index in [4.69, 9.17) is 19.3 Å². The Balaban J connectivity index is 1.53. The maximum atomic E-state index is 13.9. The van der Waals surface area contributed by atoms with E-state index < -0.39 is 5.54 Å². The first-order valence-electron chi connectivity index (χ1n) is 12.7. The number of ether oxygens (including phenoxy) is 3. The van der Waals surface area contributed by atoms with Gasteiger partial charge in [-0.2, -0.15) is 21.5 Å². The van der Waals surface area contributed by atoms with Gasteiger partial charge < -0.3 is 19.1 Å². The van der Waals surface area contributed by atoms with Crippen LogP contribution in [0.2, 0.25) is 0 Å². The van der Waals surface area contributed by atoms with E-state index in [1.807, 2.05) is 63.4 Å². The van der Waals surface area contributed by atoms with Gasteiger partial charge in [-0.15, -0.1) is 0 Å². The van der Waals surface area contributed by atoms with Gasteiger partial charge in [0.05, 0.1) is 43.4 Å². The third-order valence-electron chi connectivity index (χ3n) is 7.20. The molecule has 0 spiro atoms. The second kappa shape index (κ2) is 9.28. The number of carbonyl (C=O) groups excluding carboxylic acids is 1. The Labute approximate surface area is 225 Å². The molecule has 0 aliphatic carbocycles. The van der Waals surface area contributed by atoms with E-state index in [0.717, 1.165) is 33.6 Å². The van der Waals surface area contributed by atoms with E-state index in [9.17, 15) is 4.79 Å². The van der Waals surface area contributed by atoms with Gasteiger partial charge in [-0.1, -0.05) is 0 Å². The molecule has 1 aromatic carbocycles. The third kappa shape index (κ3) is 3.99. The number of rotatable bonds is 5. The summed E-state index contributed by atoms with van der Waals surface area (Å²) in [5.74, 6) is 1.28. The Kier molecular flexibility index (Phi) is 6.03. The lowest BCUT2D eigenvalue weighted by Crippen LogP contribution is -2.55. The Morgan fingerprint density at radius 2 is 2.08 bits per heavy atom. The van der Waals surface area contributed by atoms with Crippen molar-refractivity contribution in [3.63, 3.8) is 0 Å². The molecule has 38 heavy (non-hydrogen) atoms. The first kappa shape index (κ1) is 24.7. The summed E-state index contributed by atoms with van der Waals surface area (Å²) in [7, 11) is 1.66. The predicted molar refractivity (Wildman–Crippen MR) is 145 cm³/mol. The SMILES string of the molecule is COc1cc2c(cc1-c1cnn(C(C)C)c1)-c1c(c(C(=O)N3CCOCC3(C)C)nn1-c1ccsc1)CO2. The topological polar surface area (TPSA) is 83.6 Å². The van der Waals surface area contributed by atoms with Crippen molar-refractivity contribution in [2.45, 2.75) is 45.9 Å². The number of amides is 1. The van der Waals surface area contributed by atoms with Crippen molar-refractivity contribution < 1.29 is 19.0 Å². The highest BCUT2D eigenvalue weighted by Gasteiger charge is 2.39. The molecule has 0 N–H and O–H groups in total. The summed E-state index contributed by atoms with van der Waals surface area (Å²) in [4.78, 5) is 15.8. The monoisotopic (exact) mass is 533 g/mol. The number of carbonyl (C=O) groups is 1. The van der Waals surface area contributed by atoms with Crippen molar-refractivity contribution in [1.82, 2.24) is 24.5 Å². The van der Waals surface area contributed by atoms with Crippen LogP contribution < -0.4 is 9.47 Å². The Bertz CT molecular complexity index is 1500. The minimum absolute atomic E-state index is 0.109. The molecule has 1 fully saturated rings. The molecule has 0 radical (unpaired) electrons. The van der Waals surface area contributed by atoms with Gasteiger partial charge in [0.15, 0.2) is 5.69 Å². The van der Waals surface area contributed by atoms with E-state index in [-0.39, 0.29) is 18.6 Å². The molecule has 3 aromatic heterocycles. The van der Waals surface area contributed by atoms with E-state index in [2.05, 4.69) is 25.0 Å². The number of fused-ring (bicyclic) bond motifs is 3. The van der Waals surface area contributed by atoms with Gasteiger partial charge in [-0.05, 0) is 45.2 Å². The molecule has 4 aromatic rings. The largest absolute Gasteiger partial charge is 0.496 e. The molecule has 2 aliphatic heterocycles. The Hall–Kier alpha value is -3.63. The van der Waals surface area contributed by atoms with Crippen molar-refractivity contribution >= 4 is 17.2 Å². The van der Waals surface area contributed by atoms with Crippen LogP contribution in [0.3, 0.4) is 0 Å². The first-order chi connectivity index (χ1) is 18.3. The summed E-state index contributed by atoms with van der Waals surface area (Å²) in [6.07, 6.45) is 3.87. The number of nitrogens with zero attached hydrogens (tertiary/aromatic N) is 5. The van der Waals surface area contributed by atoms with E-state index in [1.165, 1.54) is 0 Å². The molecule has 0 unspecified atom stereocenters. The van der Waals surface area contributed by atoms with E-state index in [0.29, 0.717) is 37.0 Å². The van der Waals surface area contributed by atoms with Crippen molar-refractivity contribution in [3.8, 4) is 39.6 Å². The van der Waals surface area contributed by atoms with Gasteiger partial charge in [0, 0.05) is 52.5 Å². The van der Waals surface area contributed by atoms with E-state index in [1.54, 1.807) is 18.4 Å². The molecule has 9 nitrogen and oxygen atoms in total. The number of aromatic nitrogens is 4. The van der Waals surface area contributed by atoms with Crippen LogP contribution in [0.15, 0.2) is 41.4 Å². The van der Waals surface area contributed by atoms with Crippen molar-refractivity contribution in [2.75, 3.05) is 26.9 Å². The minimum atomic E-state index is -0.432. The molecule has 2 aliphatic rings. The van der Waals surface area contributed by atoms with Crippen LogP contribution in [0.5, 0.6) is 11.5 Å². The first-order valence-corrected chi connectivity index (χ1v) is 13.7. The second-order valence-corrected chi connectivity index (χ2v) is 11.3. The normalized spacial score (nSPS) is 16.2. The predicted octanol–water partition coefficient (Wildman–Crippen LogP) is 5.20. The quantitative estimate of drug-likeness (QED) is 0.351. The lowest BCUT2D eigenvalue weighted by molar-refractivity contribution is -0.0374. The number of methoxy groups -OCH3 is 1. The zero-order valence-electron chi connectivity index (χ0n) is 22.2. The zero-order valence-corrected chi connectivity index (χ0v) is 23.0. The van der Waals surface area contributed by atoms with Crippen LogP contribution in [0.25, 0.3) is 28.1 Å². The molecule has 6 rings (SSSR count). The maximum Gasteiger partial charge on any atom is 0.275 e. The van der Waals surface area contributed by atoms with E-state index >= 15 is 0 Å². The maximum absolute atomic E-state index is 13.9. The van der Waals surface area contributed by atoms with Crippen molar-refractivity contribution in [2.24, 2.45) is 0 Å². The molecule has 1 amide bonds. The average molecular weight is 534 g/mol. The van der Waals surface area contributed by atoms with Gasteiger partial charge in [-0.25, -0.2) is 4.68 Å². The molecule has 5 heterocycles. The second-order valence-electron chi connectivity index (χ2n) is 10.5. The third-order valence-corrected chi connectivity index (χ3v) is 7.87. The average Bonchev–Trinajstić information content (AvgIpc) is 3.67. The molecular formula is C28H31N5O4S. The highest BCUT2D eigenvalue weighted by atomic mass is 32.1. The molecule has 0 bridgehead atoms. The van der Waals surface area contributed by atoms with Crippen molar-refractivity contribution in [1.29, 1.82) is 0 Å². The number of morpholine rings is 1. The van der Waals surface area contributed by atoms with Crippen LogP contribution in [0.1, 0.15) is 49.8 Å². The highest BCUT2D eigenvalue weighted by molar-refractivity contribution is 7.08. The molecule has 10 heteroatoms. The van der Waals surface area contributed by atoms with Crippen LogP contribution in [-0.2, 0) is 11.3 Å². The van der Waals surface area contributed by atoms with Gasteiger partial charge in [0.2, 0.25) is 0 Å². The van der Waals surface area contributed by atoms with Gasteiger partial charge >= 0.3 is 0 Å². The molecule has 0 atom stereocenters. The standard InChI is InChI=1S/C28H31N5O4S/c1-17(2)32-13-18(12-29-32)20-10-21-24(11-23(20)35-5)37-14-22-25(27(34)31-7-8-36-16-28(31,3)4)30-33(26(21)22)19-6-9-38-15-19/h6,9-13,15,17H,7-8,14,16H2,1-5H3. The summed E-state index contributed by atoms with van der Waals surface area (Å²) >= 11 is 1.59. The molecule has 198 valence electrons. The number of hydrogen-bond acceptors (Lipinski definition) is 7. The van der Waals surface area contributed by atoms with Gasteiger partial charge in [0.25, 0.3) is 5.91 Å². The summed E-state index contributed by atoms with van der Waals surface area (Å²) in [5, 5.41) is 13.5. The van der Waals surface area contributed by atoms with Gasteiger partial charge in [0.1, 0.15) is 18.1 Å². The lowest BCUT2D eigenvalue weighted by Gasteiger charge is -2.41. The number of thiophene rings is 1. The van der Waals surface area contributed by atoms with Crippen LogP contribution in [0, 0.1) is 0 Å². The zero-order chi connectivity index (χ0) is 26.6. The van der Waals surface area contributed by atoms with Crippen molar-refractivity contribution in [3.05, 3.63) is 52.6 Å². The Morgan fingerprint density at radius 3 is 2.76 bits per heavy atom. The summed E-state index contributed by atoms with van der Waals surface area (Å²) in [6.45, 7) is 9.98. The number of hydrogen-bond donors (Lipinski definition) is 0. The fraction of sp³-hybridized carbons (Fsp3) is 0.393. The molecule has 1 saturated heterocycles. The Morgan fingerprint density at radius 1 is 1.24 bits per heavy atom. The minimum Gasteiger partial charge on any atom is -0.496 e. The lowest BCUT2D eigenvalue weighted by atomic mass is 9.96. The fourth-order valence-corrected chi connectivity index (χ4v) is 5.75. The smallest absolute Gasteiger partial charge is 0.275 e.